The predicted octanol–water partition coefficient (Wildman–Crippen LogP) is 2.04. The first-order valence-corrected chi connectivity index (χ1v) is 6.45. The molecule has 0 unspecified atom stereocenters. The third-order valence-corrected chi connectivity index (χ3v) is 2.74. The maximum absolute atomic E-state index is 12.0. The second kappa shape index (κ2) is 6.54. The summed E-state index contributed by atoms with van der Waals surface area (Å²) in [5, 5.41) is 14.9. The third kappa shape index (κ3) is 3.70. The molecule has 22 heavy (non-hydrogen) atoms. The first kappa shape index (κ1) is 15.3. The molecule has 1 amide bonds. The predicted molar refractivity (Wildman–Crippen MR) is 75.9 cm³/mol. The van der Waals surface area contributed by atoms with Gasteiger partial charge >= 0.3 is 5.97 Å². The van der Waals surface area contributed by atoms with Gasteiger partial charge in [-0.25, -0.2) is 4.79 Å². The molecule has 0 spiro atoms. The highest BCUT2D eigenvalue weighted by molar-refractivity contribution is 5.96. The Hall–Kier alpha value is -3.14. The van der Waals surface area contributed by atoms with Crippen molar-refractivity contribution in [3.05, 3.63) is 47.3 Å². The number of hydrogen-bond acceptors (Lipinski definition) is 6. The molecule has 0 radical (unpaired) electrons. The number of carbonyl (C=O) groups is 2. The van der Waals surface area contributed by atoms with Gasteiger partial charge in [0.15, 0.2) is 6.10 Å². The lowest BCUT2D eigenvalue weighted by Gasteiger charge is -2.12. The van der Waals surface area contributed by atoms with Gasteiger partial charge < -0.3 is 14.6 Å². The zero-order chi connectivity index (χ0) is 16.1. The third-order valence-electron chi connectivity index (χ3n) is 2.74. The minimum atomic E-state index is -1.02. The lowest BCUT2D eigenvalue weighted by atomic mass is 10.2. The molecule has 1 aromatic carbocycles. The van der Waals surface area contributed by atoms with Crippen LogP contribution >= 0.6 is 0 Å². The molecule has 0 aliphatic rings. The van der Waals surface area contributed by atoms with E-state index in [2.05, 4.69) is 10.5 Å². The van der Waals surface area contributed by atoms with Crippen LogP contribution in [-0.2, 0) is 9.53 Å². The van der Waals surface area contributed by atoms with Crippen molar-refractivity contribution in [2.75, 3.05) is 5.32 Å². The number of amides is 1. The number of aromatic nitrogens is 1. The number of nitrogens with zero attached hydrogens (tertiary/aromatic N) is 2. The van der Waals surface area contributed by atoms with Crippen LogP contribution in [-0.4, -0.2) is 23.1 Å². The molecule has 1 aromatic heterocycles. The largest absolute Gasteiger partial charge is 0.447 e. The van der Waals surface area contributed by atoms with E-state index >= 15 is 0 Å². The Morgan fingerprint density at radius 2 is 2.18 bits per heavy atom. The number of nitrogens with one attached hydrogen (secondary N) is 1. The summed E-state index contributed by atoms with van der Waals surface area (Å²) in [6, 6.07) is 9.80. The van der Waals surface area contributed by atoms with Crippen LogP contribution < -0.4 is 5.32 Å². The zero-order valence-corrected chi connectivity index (χ0v) is 12.0. The van der Waals surface area contributed by atoms with E-state index < -0.39 is 18.0 Å². The minimum Gasteiger partial charge on any atom is -0.447 e. The Labute approximate surface area is 126 Å². The van der Waals surface area contributed by atoms with Gasteiger partial charge in [0.2, 0.25) is 5.76 Å². The number of benzene rings is 1. The first-order chi connectivity index (χ1) is 10.5. The minimum absolute atomic E-state index is 0.0661. The van der Waals surface area contributed by atoms with Crippen LogP contribution in [0.2, 0.25) is 0 Å². The molecule has 112 valence electrons. The van der Waals surface area contributed by atoms with Gasteiger partial charge in [0, 0.05) is 11.8 Å². The molecule has 0 saturated heterocycles. The Morgan fingerprint density at radius 3 is 2.82 bits per heavy atom. The number of ether oxygens (including phenoxy) is 1. The van der Waals surface area contributed by atoms with Crippen LogP contribution in [0, 0.1) is 18.3 Å². The van der Waals surface area contributed by atoms with Crippen molar-refractivity contribution in [2.24, 2.45) is 0 Å². The van der Waals surface area contributed by atoms with Gasteiger partial charge in [-0.15, -0.1) is 0 Å². The zero-order valence-electron chi connectivity index (χ0n) is 12.0. The van der Waals surface area contributed by atoms with Crippen molar-refractivity contribution in [2.45, 2.75) is 20.0 Å². The van der Waals surface area contributed by atoms with Crippen molar-refractivity contribution >= 4 is 17.6 Å². The second-order valence-corrected chi connectivity index (χ2v) is 4.56. The molecule has 7 nitrogen and oxygen atoms in total. The molecule has 2 rings (SSSR count). The molecule has 2 aromatic rings. The van der Waals surface area contributed by atoms with E-state index in [4.69, 9.17) is 14.5 Å². The normalized spacial score (nSPS) is 11.3. The summed E-state index contributed by atoms with van der Waals surface area (Å²) in [5.74, 6) is -1.35. The van der Waals surface area contributed by atoms with Crippen LogP contribution in [0.1, 0.15) is 28.7 Å². The van der Waals surface area contributed by atoms with Crippen LogP contribution in [0.4, 0.5) is 5.69 Å². The molecular weight excluding hydrogens is 286 g/mol. The van der Waals surface area contributed by atoms with E-state index in [-0.39, 0.29) is 5.76 Å². The number of hydrogen-bond donors (Lipinski definition) is 1. The van der Waals surface area contributed by atoms with Crippen molar-refractivity contribution in [3.8, 4) is 6.07 Å². The van der Waals surface area contributed by atoms with E-state index in [1.54, 1.807) is 25.1 Å². The number of aryl methyl sites for hydroxylation is 1. The Kier molecular flexibility index (Phi) is 4.53. The fraction of sp³-hybridized carbons (Fsp3) is 0.200. The van der Waals surface area contributed by atoms with E-state index in [0.29, 0.717) is 16.9 Å². The maximum Gasteiger partial charge on any atom is 0.377 e. The van der Waals surface area contributed by atoms with Crippen LogP contribution in [0.15, 0.2) is 34.9 Å². The Bertz CT molecular complexity index is 745. The quantitative estimate of drug-likeness (QED) is 0.866. The highest BCUT2D eigenvalue weighted by Gasteiger charge is 2.21. The monoisotopic (exact) mass is 299 g/mol. The molecule has 0 saturated carbocycles. The molecule has 0 bridgehead atoms. The van der Waals surface area contributed by atoms with E-state index in [1.165, 1.54) is 19.1 Å². The molecular formula is C15H13N3O4. The maximum atomic E-state index is 12.0. The Morgan fingerprint density at radius 1 is 1.41 bits per heavy atom. The Balaban J connectivity index is 1.97. The number of rotatable bonds is 4. The molecule has 1 heterocycles. The summed E-state index contributed by atoms with van der Waals surface area (Å²) >= 11 is 0. The van der Waals surface area contributed by atoms with E-state index in [1.807, 2.05) is 6.07 Å². The molecule has 1 atom stereocenters. The number of nitriles is 1. The number of anilines is 1. The van der Waals surface area contributed by atoms with Gasteiger partial charge in [-0.2, -0.15) is 5.26 Å². The topological polar surface area (TPSA) is 105 Å². The van der Waals surface area contributed by atoms with Gasteiger partial charge in [0.25, 0.3) is 5.91 Å². The lowest BCUT2D eigenvalue weighted by molar-refractivity contribution is -0.123. The van der Waals surface area contributed by atoms with Gasteiger partial charge in [-0.1, -0.05) is 11.2 Å². The molecule has 0 aliphatic heterocycles. The SMILES string of the molecule is Cc1cc(C(=O)O[C@@H](C)C(=O)Nc2cccc(C#N)c2)on1. The second-order valence-electron chi connectivity index (χ2n) is 4.56. The summed E-state index contributed by atoms with van der Waals surface area (Å²) < 4.78 is 9.75. The smallest absolute Gasteiger partial charge is 0.377 e. The fourth-order valence-electron chi connectivity index (χ4n) is 1.64. The summed E-state index contributed by atoms with van der Waals surface area (Å²) in [7, 11) is 0. The van der Waals surface area contributed by atoms with Gasteiger partial charge in [-0.3, -0.25) is 4.79 Å². The van der Waals surface area contributed by atoms with Gasteiger partial charge in [0.1, 0.15) is 0 Å². The molecule has 7 heteroatoms. The standard InChI is InChI=1S/C15H13N3O4/c1-9-6-13(22-18-9)15(20)21-10(2)14(19)17-12-5-3-4-11(7-12)8-16/h3-7,10H,1-2H3,(H,17,19)/t10-/m0/s1. The van der Waals surface area contributed by atoms with Crippen LogP contribution in [0.3, 0.4) is 0 Å². The van der Waals surface area contributed by atoms with Crippen molar-refractivity contribution in [1.82, 2.24) is 5.16 Å². The number of carbonyl (C=O) groups excluding carboxylic acids is 2. The van der Waals surface area contributed by atoms with Crippen molar-refractivity contribution in [1.29, 1.82) is 5.26 Å². The van der Waals surface area contributed by atoms with Gasteiger partial charge in [0.05, 0.1) is 17.3 Å². The molecule has 1 N–H and O–H groups in total. The average Bonchev–Trinajstić information content (AvgIpc) is 2.94. The summed E-state index contributed by atoms with van der Waals surface area (Å²) in [4.78, 5) is 23.7. The lowest BCUT2D eigenvalue weighted by Crippen LogP contribution is -2.29. The van der Waals surface area contributed by atoms with Crippen LogP contribution in [0.5, 0.6) is 0 Å². The van der Waals surface area contributed by atoms with E-state index in [9.17, 15) is 9.59 Å². The first-order valence-electron chi connectivity index (χ1n) is 6.45. The average molecular weight is 299 g/mol. The van der Waals surface area contributed by atoms with Crippen LogP contribution in [0.25, 0.3) is 0 Å². The fourth-order valence-corrected chi connectivity index (χ4v) is 1.64. The van der Waals surface area contributed by atoms with E-state index in [0.717, 1.165) is 0 Å². The van der Waals surface area contributed by atoms with Crippen molar-refractivity contribution in [3.63, 3.8) is 0 Å². The van der Waals surface area contributed by atoms with Crippen molar-refractivity contribution < 1.29 is 18.8 Å². The summed E-state index contributed by atoms with van der Waals surface area (Å²) in [5.41, 5.74) is 1.40. The molecule has 0 aliphatic carbocycles. The van der Waals surface area contributed by atoms with Gasteiger partial charge in [-0.05, 0) is 32.0 Å². The highest BCUT2D eigenvalue weighted by atomic mass is 16.6. The summed E-state index contributed by atoms with van der Waals surface area (Å²) in [6.45, 7) is 3.10. The number of esters is 1. The summed E-state index contributed by atoms with van der Waals surface area (Å²) in [6.07, 6.45) is -1.02. The highest BCUT2D eigenvalue weighted by Crippen LogP contribution is 2.12. The molecule has 0 fully saturated rings.